The van der Waals surface area contributed by atoms with Crippen LogP contribution in [0.4, 0.5) is 11.4 Å². The lowest BCUT2D eigenvalue weighted by Gasteiger charge is -2.33. The SMILES string of the molecule is CN1CCN(C(=O)C2CC(=O)N(c3ccc4c(c3)CCN4C(=O)C3CC3)C2)CC1. The molecular weight excluding hydrogens is 368 g/mol. The molecule has 3 amide bonds. The van der Waals surface area contributed by atoms with Crippen LogP contribution >= 0.6 is 0 Å². The van der Waals surface area contributed by atoms with Crippen molar-refractivity contribution in [2.75, 3.05) is 56.1 Å². The van der Waals surface area contributed by atoms with Crippen LogP contribution in [0.3, 0.4) is 0 Å². The van der Waals surface area contributed by atoms with Crippen LogP contribution in [0.15, 0.2) is 18.2 Å². The second-order valence-electron chi connectivity index (χ2n) is 8.86. The Morgan fingerprint density at radius 1 is 0.966 bits per heavy atom. The van der Waals surface area contributed by atoms with Gasteiger partial charge in [0.2, 0.25) is 17.7 Å². The zero-order valence-corrected chi connectivity index (χ0v) is 17.0. The molecule has 0 radical (unpaired) electrons. The lowest BCUT2D eigenvalue weighted by Crippen LogP contribution is -2.49. The third-order valence-corrected chi connectivity index (χ3v) is 6.75. The van der Waals surface area contributed by atoms with Gasteiger partial charge in [-0.25, -0.2) is 0 Å². The summed E-state index contributed by atoms with van der Waals surface area (Å²) in [7, 11) is 2.07. The molecule has 1 saturated carbocycles. The largest absolute Gasteiger partial charge is 0.340 e. The molecule has 3 fully saturated rings. The summed E-state index contributed by atoms with van der Waals surface area (Å²) >= 11 is 0. The molecular formula is C22H28N4O3. The van der Waals surface area contributed by atoms with Crippen molar-refractivity contribution in [2.45, 2.75) is 25.7 Å². The number of carbonyl (C=O) groups excluding carboxylic acids is 3. The Bertz CT molecular complexity index is 858. The van der Waals surface area contributed by atoms with Gasteiger partial charge in [-0.15, -0.1) is 0 Å². The first-order valence-electron chi connectivity index (χ1n) is 10.7. The fraction of sp³-hybridized carbons (Fsp3) is 0.591. The summed E-state index contributed by atoms with van der Waals surface area (Å²) in [6.45, 7) is 4.43. The predicted molar refractivity (Wildman–Crippen MR) is 110 cm³/mol. The van der Waals surface area contributed by atoms with Crippen molar-refractivity contribution in [3.8, 4) is 0 Å². The van der Waals surface area contributed by atoms with Crippen molar-refractivity contribution in [1.82, 2.24) is 9.80 Å². The molecule has 1 aromatic carbocycles. The minimum Gasteiger partial charge on any atom is -0.340 e. The van der Waals surface area contributed by atoms with Crippen molar-refractivity contribution in [3.63, 3.8) is 0 Å². The normalized spacial score (nSPS) is 24.9. The molecule has 7 heteroatoms. The van der Waals surface area contributed by atoms with E-state index in [9.17, 15) is 14.4 Å². The molecule has 0 bridgehead atoms. The van der Waals surface area contributed by atoms with Gasteiger partial charge in [-0.3, -0.25) is 14.4 Å². The van der Waals surface area contributed by atoms with E-state index in [0.29, 0.717) is 6.54 Å². The maximum absolute atomic E-state index is 12.9. The molecule has 7 nitrogen and oxygen atoms in total. The standard InChI is InChI=1S/C22H28N4O3/c1-23-8-10-24(11-9-23)21(28)17-13-20(27)26(14-17)18-4-5-19-16(12-18)6-7-25(19)22(29)15-2-3-15/h4-5,12,15,17H,2-3,6-11,13-14H2,1H3. The number of rotatable bonds is 3. The Morgan fingerprint density at radius 3 is 2.45 bits per heavy atom. The number of benzene rings is 1. The van der Waals surface area contributed by atoms with E-state index in [-0.39, 0.29) is 36.0 Å². The maximum Gasteiger partial charge on any atom is 0.230 e. The quantitative estimate of drug-likeness (QED) is 0.768. The molecule has 0 spiro atoms. The van der Waals surface area contributed by atoms with Crippen molar-refractivity contribution in [1.29, 1.82) is 0 Å². The first kappa shape index (κ1) is 18.6. The van der Waals surface area contributed by atoms with Crippen LogP contribution in [0.1, 0.15) is 24.8 Å². The lowest BCUT2D eigenvalue weighted by atomic mass is 10.1. The summed E-state index contributed by atoms with van der Waals surface area (Å²) in [5.74, 6) is 0.318. The summed E-state index contributed by atoms with van der Waals surface area (Å²) in [5.41, 5.74) is 2.96. The highest BCUT2D eigenvalue weighted by Crippen LogP contribution is 2.38. The van der Waals surface area contributed by atoms with Crippen LogP contribution in [0.2, 0.25) is 0 Å². The molecule has 3 aliphatic heterocycles. The molecule has 2 saturated heterocycles. The smallest absolute Gasteiger partial charge is 0.230 e. The van der Waals surface area contributed by atoms with E-state index >= 15 is 0 Å². The topological polar surface area (TPSA) is 64.2 Å². The molecule has 1 aromatic rings. The van der Waals surface area contributed by atoms with Gasteiger partial charge in [-0.1, -0.05) is 0 Å². The van der Waals surface area contributed by atoms with Gasteiger partial charge in [0, 0.05) is 63.0 Å². The summed E-state index contributed by atoms with van der Waals surface area (Å²) < 4.78 is 0. The minimum atomic E-state index is -0.257. The molecule has 1 aliphatic carbocycles. The fourth-order valence-corrected chi connectivity index (χ4v) is 4.74. The lowest BCUT2D eigenvalue weighted by molar-refractivity contribution is -0.137. The first-order valence-corrected chi connectivity index (χ1v) is 10.7. The van der Waals surface area contributed by atoms with E-state index < -0.39 is 0 Å². The highest BCUT2D eigenvalue weighted by Gasteiger charge is 2.39. The molecule has 0 N–H and O–H groups in total. The number of likely N-dealkylation sites (N-methyl/N-ethyl adjacent to an activating group) is 1. The molecule has 5 rings (SSSR count). The summed E-state index contributed by atoms with van der Waals surface area (Å²) in [6, 6.07) is 5.94. The predicted octanol–water partition coefficient (Wildman–Crippen LogP) is 1.11. The van der Waals surface area contributed by atoms with Gasteiger partial charge in [0.15, 0.2) is 0 Å². The Balaban J connectivity index is 1.28. The number of amides is 3. The second-order valence-corrected chi connectivity index (χ2v) is 8.86. The number of nitrogens with zero attached hydrogens (tertiary/aromatic N) is 4. The zero-order valence-electron chi connectivity index (χ0n) is 17.0. The van der Waals surface area contributed by atoms with Gasteiger partial charge in [0.1, 0.15) is 0 Å². The average Bonchev–Trinajstić information content (AvgIpc) is 3.38. The number of anilines is 2. The van der Waals surface area contributed by atoms with Crippen LogP contribution in [0.25, 0.3) is 0 Å². The van der Waals surface area contributed by atoms with Gasteiger partial charge < -0.3 is 19.6 Å². The number of hydrogen-bond donors (Lipinski definition) is 0. The molecule has 1 atom stereocenters. The number of hydrogen-bond acceptors (Lipinski definition) is 4. The highest BCUT2D eigenvalue weighted by molar-refractivity contribution is 6.02. The van der Waals surface area contributed by atoms with Gasteiger partial charge in [0.25, 0.3) is 0 Å². The van der Waals surface area contributed by atoms with Crippen LogP contribution in [-0.4, -0.2) is 73.8 Å². The van der Waals surface area contributed by atoms with Crippen LogP contribution in [0, 0.1) is 11.8 Å². The second kappa shape index (κ2) is 7.13. The van der Waals surface area contributed by atoms with Crippen molar-refractivity contribution in [2.24, 2.45) is 11.8 Å². The summed E-state index contributed by atoms with van der Waals surface area (Å²) in [5, 5.41) is 0. The number of piperazine rings is 1. The monoisotopic (exact) mass is 396 g/mol. The van der Waals surface area contributed by atoms with E-state index in [1.54, 1.807) is 4.90 Å². The van der Waals surface area contributed by atoms with E-state index in [4.69, 9.17) is 0 Å². The van der Waals surface area contributed by atoms with E-state index in [2.05, 4.69) is 11.9 Å². The van der Waals surface area contributed by atoms with Crippen molar-refractivity contribution in [3.05, 3.63) is 23.8 Å². The van der Waals surface area contributed by atoms with Gasteiger partial charge in [-0.05, 0) is 50.1 Å². The Labute approximate surface area is 171 Å². The molecule has 29 heavy (non-hydrogen) atoms. The van der Waals surface area contributed by atoms with Gasteiger partial charge in [-0.2, -0.15) is 0 Å². The Hall–Kier alpha value is -2.41. The average molecular weight is 396 g/mol. The van der Waals surface area contributed by atoms with Gasteiger partial charge in [0.05, 0.1) is 5.92 Å². The third-order valence-electron chi connectivity index (χ3n) is 6.75. The molecule has 3 heterocycles. The van der Waals surface area contributed by atoms with E-state index in [1.165, 1.54) is 0 Å². The molecule has 1 unspecified atom stereocenters. The molecule has 0 aromatic heterocycles. The Kier molecular flexibility index (Phi) is 4.57. The summed E-state index contributed by atoms with van der Waals surface area (Å²) in [4.78, 5) is 45.8. The first-order chi connectivity index (χ1) is 14.0. The zero-order chi connectivity index (χ0) is 20.1. The van der Waals surface area contributed by atoms with Crippen LogP contribution in [-0.2, 0) is 20.8 Å². The molecule has 154 valence electrons. The van der Waals surface area contributed by atoms with E-state index in [1.807, 2.05) is 28.0 Å². The highest BCUT2D eigenvalue weighted by atomic mass is 16.2. The summed E-state index contributed by atoms with van der Waals surface area (Å²) in [6.07, 6.45) is 3.13. The number of carbonyl (C=O) groups is 3. The third kappa shape index (κ3) is 3.41. The molecule has 4 aliphatic rings. The minimum absolute atomic E-state index is 0.0151. The van der Waals surface area contributed by atoms with E-state index in [0.717, 1.165) is 68.9 Å². The maximum atomic E-state index is 12.9. The van der Waals surface area contributed by atoms with Crippen LogP contribution < -0.4 is 9.80 Å². The Morgan fingerprint density at radius 2 is 1.72 bits per heavy atom. The van der Waals surface area contributed by atoms with Crippen molar-refractivity contribution < 1.29 is 14.4 Å². The van der Waals surface area contributed by atoms with Crippen molar-refractivity contribution >= 4 is 29.1 Å². The van der Waals surface area contributed by atoms with Gasteiger partial charge >= 0.3 is 0 Å². The van der Waals surface area contributed by atoms with Crippen LogP contribution in [0.5, 0.6) is 0 Å². The fourth-order valence-electron chi connectivity index (χ4n) is 4.74. The number of fused-ring (bicyclic) bond motifs is 1.